The van der Waals surface area contributed by atoms with Crippen molar-refractivity contribution in [3.05, 3.63) is 80.8 Å². The van der Waals surface area contributed by atoms with Gasteiger partial charge in [-0.15, -0.1) is 0 Å². The Morgan fingerprint density at radius 3 is 1.55 bits per heavy atom. The van der Waals surface area contributed by atoms with Gasteiger partial charge in [0, 0.05) is 38.2 Å². The van der Waals surface area contributed by atoms with Crippen LogP contribution in [0.25, 0.3) is 89.7 Å². The maximum Gasteiger partial charge on any atom is 2.00 e. The van der Waals surface area contributed by atoms with Gasteiger partial charge in [-0.05, 0) is 12.1 Å². The summed E-state index contributed by atoms with van der Waals surface area (Å²) >= 11 is 26.0. The van der Waals surface area contributed by atoms with E-state index in [1.807, 2.05) is 24.3 Å². The number of aromatic amines is 2. The van der Waals surface area contributed by atoms with Gasteiger partial charge in [-0.1, -0.05) is 94.9 Å². The van der Waals surface area contributed by atoms with E-state index in [1.165, 1.54) is 0 Å². The number of H-pyrrole nitrogens is 2. The molecular formula is C32H12Cl4CuN8O6S2. The first-order valence-electron chi connectivity index (χ1n) is 14.7. The molecule has 0 saturated heterocycles. The van der Waals surface area contributed by atoms with Crippen molar-refractivity contribution in [2.75, 3.05) is 0 Å². The van der Waals surface area contributed by atoms with Crippen LogP contribution in [0.1, 0.15) is 0 Å². The van der Waals surface area contributed by atoms with Gasteiger partial charge in [0.05, 0.1) is 35.4 Å². The van der Waals surface area contributed by atoms with Crippen molar-refractivity contribution >= 4 is 111 Å². The van der Waals surface area contributed by atoms with Crippen molar-refractivity contribution in [1.29, 1.82) is 0 Å². The van der Waals surface area contributed by atoms with Crippen LogP contribution in [0.4, 0.5) is 0 Å². The molecule has 3 aromatic heterocycles. The second-order valence-corrected chi connectivity index (χ2v) is 15.6. The first-order valence-corrected chi connectivity index (χ1v) is 19.0. The van der Waals surface area contributed by atoms with Gasteiger partial charge in [0.15, 0.2) is 23.3 Å². The van der Waals surface area contributed by atoms with Crippen LogP contribution in [0.2, 0.25) is 20.1 Å². The molecule has 267 valence electrons. The van der Waals surface area contributed by atoms with E-state index in [1.54, 1.807) is 36.4 Å². The maximum absolute atomic E-state index is 12.9. The topological polar surface area (TPSA) is 223 Å². The largest absolute Gasteiger partial charge is 2.00 e. The third-order valence-electron chi connectivity index (χ3n) is 8.44. The van der Waals surface area contributed by atoms with Gasteiger partial charge >= 0.3 is 17.1 Å². The molecule has 8 bridgehead atoms. The Morgan fingerprint density at radius 1 is 0.491 bits per heavy atom. The summed E-state index contributed by atoms with van der Waals surface area (Å²) in [5.74, 6) is 0.214. The molecule has 21 heteroatoms. The zero-order valence-electron chi connectivity index (χ0n) is 25.5. The van der Waals surface area contributed by atoms with Crippen molar-refractivity contribution in [1.82, 2.24) is 39.9 Å². The van der Waals surface area contributed by atoms with Crippen LogP contribution in [0, 0.1) is 0 Å². The molecule has 2 N–H and O–H groups in total. The van der Waals surface area contributed by atoms with Crippen LogP contribution in [0.3, 0.4) is 0 Å². The number of hydrogen-bond donors (Lipinski definition) is 2. The average molecular weight is 874 g/mol. The Morgan fingerprint density at radius 2 is 0.962 bits per heavy atom. The van der Waals surface area contributed by atoms with Crippen LogP contribution < -0.4 is 0 Å². The predicted octanol–water partition coefficient (Wildman–Crippen LogP) is 7.29. The molecule has 53 heavy (non-hydrogen) atoms. The standard InChI is InChI=1S/C32H14Cl4N8O6S2.Cu/c33-16-10-9-15-17(20(16)34)30-42-29(15)40-27-12-6-2-1-5-11(12)25(38-27)37-26-13-7-3-4-8-14(13)28(39-26)41-32-19-18(31(43-30)44-32)21(35)22(36)24(52(48,49)50)23(19)51(45,46)47;/h1-10H,(H,45,46,47)(H,48,49,50)(H2,37,38,39,40,41,42,43,44);/q;+2/p-2. The second-order valence-electron chi connectivity index (χ2n) is 11.4. The summed E-state index contributed by atoms with van der Waals surface area (Å²) in [4.78, 5) is 31.2. The molecule has 0 saturated carbocycles. The zero-order valence-corrected chi connectivity index (χ0v) is 31.1. The predicted molar refractivity (Wildman–Crippen MR) is 192 cm³/mol. The van der Waals surface area contributed by atoms with Crippen LogP contribution >= 0.6 is 46.4 Å². The number of halogens is 4. The smallest absolute Gasteiger partial charge is 0.744 e. The minimum Gasteiger partial charge on any atom is -0.744 e. The van der Waals surface area contributed by atoms with E-state index in [-0.39, 0.29) is 67.0 Å². The van der Waals surface area contributed by atoms with Crippen LogP contribution in [-0.4, -0.2) is 65.8 Å². The summed E-state index contributed by atoms with van der Waals surface area (Å²) in [6.07, 6.45) is 0. The number of aromatic nitrogens is 8. The first kappa shape index (κ1) is 35.8. The van der Waals surface area contributed by atoms with Crippen molar-refractivity contribution in [3.63, 3.8) is 0 Å². The van der Waals surface area contributed by atoms with Gasteiger partial charge in [0.1, 0.15) is 42.8 Å². The number of rotatable bonds is 2. The second kappa shape index (κ2) is 12.4. The molecule has 14 nitrogen and oxygen atoms in total. The minimum atomic E-state index is -5.79. The first-order chi connectivity index (χ1) is 24.7. The van der Waals surface area contributed by atoms with E-state index < -0.39 is 51.1 Å². The fraction of sp³-hybridized carbons (Fsp3) is 0. The normalized spacial score (nSPS) is 12.5. The summed E-state index contributed by atoms with van der Waals surface area (Å²) in [6, 6.07) is 17.4. The summed E-state index contributed by atoms with van der Waals surface area (Å²) in [5.41, 5.74) is 1.64. The fourth-order valence-electron chi connectivity index (χ4n) is 6.31. The number of benzene rings is 4. The molecule has 0 atom stereocenters. The summed E-state index contributed by atoms with van der Waals surface area (Å²) in [5, 5.41) is -1.11. The molecule has 1 radical (unpaired) electrons. The molecule has 0 aliphatic carbocycles. The molecule has 5 heterocycles. The molecule has 7 aromatic rings. The molecule has 0 amide bonds. The molecule has 0 spiro atoms. The van der Waals surface area contributed by atoms with E-state index in [0.29, 0.717) is 38.8 Å². The van der Waals surface area contributed by atoms with Gasteiger partial charge < -0.3 is 19.1 Å². The van der Waals surface area contributed by atoms with Gasteiger partial charge in [0.2, 0.25) is 0 Å². The number of hydrogen-bond acceptors (Lipinski definition) is 12. The van der Waals surface area contributed by atoms with E-state index in [9.17, 15) is 25.9 Å². The maximum atomic E-state index is 12.9. The molecule has 9 rings (SSSR count). The van der Waals surface area contributed by atoms with Crippen LogP contribution in [0.15, 0.2) is 70.5 Å². The summed E-state index contributed by atoms with van der Waals surface area (Å²) in [7, 11) is -11.5. The van der Waals surface area contributed by atoms with Gasteiger partial charge in [-0.2, -0.15) is 0 Å². The molecule has 2 aliphatic rings. The summed E-state index contributed by atoms with van der Waals surface area (Å²) in [6.45, 7) is 0. The van der Waals surface area contributed by atoms with E-state index in [0.717, 1.165) is 0 Å². The number of nitrogens with zero attached hydrogens (tertiary/aromatic N) is 6. The molecular weight excluding hydrogens is 862 g/mol. The monoisotopic (exact) mass is 871 g/mol. The SMILES string of the molecule is O=S(=O)([O-])c1c(Cl)c(Cl)c2c3nc4nc(nc5[nH]c(nc6nc(nc([nH]3)c2c1S(=O)(=O)[O-])-c1ccccc1-6)c1ccccc51)-c1ccc(Cl)c(Cl)c1-4.[Cu+2]. The van der Waals surface area contributed by atoms with Crippen molar-refractivity contribution < 1.29 is 43.0 Å². The van der Waals surface area contributed by atoms with E-state index in [2.05, 4.69) is 29.9 Å². The van der Waals surface area contributed by atoms with Crippen molar-refractivity contribution in [3.8, 4) is 45.6 Å². The van der Waals surface area contributed by atoms with Gasteiger partial charge in [0.25, 0.3) is 0 Å². The fourth-order valence-corrected chi connectivity index (χ4v) is 9.62. The Hall–Kier alpha value is -4.26. The van der Waals surface area contributed by atoms with Gasteiger partial charge in [-0.25, -0.2) is 46.7 Å². The van der Waals surface area contributed by atoms with E-state index >= 15 is 0 Å². The zero-order chi connectivity index (χ0) is 36.4. The Bertz CT molecular complexity index is 3220. The number of fused-ring (bicyclic) bond motifs is 20. The molecule has 2 aliphatic heterocycles. The quantitative estimate of drug-likeness (QED) is 0.129. The van der Waals surface area contributed by atoms with Gasteiger partial charge in [-0.3, -0.25) is 0 Å². The Labute approximate surface area is 327 Å². The Kier molecular flexibility index (Phi) is 8.36. The van der Waals surface area contributed by atoms with E-state index in [4.69, 9.17) is 56.4 Å². The molecule has 4 aromatic carbocycles. The van der Waals surface area contributed by atoms with Crippen LogP contribution in [-0.2, 0) is 37.3 Å². The number of nitrogens with one attached hydrogen (secondary N) is 2. The third kappa shape index (κ3) is 5.50. The average Bonchev–Trinajstić information content (AvgIpc) is 3.82. The minimum absolute atomic E-state index is 0. The summed E-state index contributed by atoms with van der Waals surface area (Å²) < 4.78 is 76.1. The van der Waals surface area contributed by atoms with Crippen LogP contribution in [0.5, 0.6) is 0 Å². The molecule has 0 unspecified atom stereocenters. The molecule has 0 fully saturated rings. The van der Waals surface area contributed by atoms with Crippen molar-refractivity contribution in [2.45, 2.75) is 9.79 Å². The van der Waals surface area contributed by atoms with Crippen molar-refractivity contribution in [2.24, 2.45) is 0 Å². The third-order valence-corrected chi connectivity index (χ3v) is 12.2. The Balaban J connectivity index is 0.00000400.